The fraction of sp³-hybridized carbons (Fsp3) is 0.742. The van der Waals surface area contributed by atoms with E-state index in [9.17, 15) is 14.7 Å². The van der Waals surface area contributed by atoms with Crippen molar-refractivity contribution >= 4 is 17.5 Å². The molecule has 1 aromatic carbocycles. The van der Waals surface area contributed by atoms with Gasteiger partial charge >= 0.3 is 0 Å². The van der Waals surface area contributed by atoms with Crippen LogP contribution < -0.4 is 10.1 Å². The average Bonchev–Trinajstić information content (AvgIpc) is 2.97. The molecule has 0 unspecified atom stereocenters. The number of aliphatic hydroxyl groups excluding tert-OH is 1. The Morgan fingerprint density at radius 3 is 2.47 bits per heavy atom. The van der Waals surface area contributed by atoms with Crippen LogP contribution in [0, 0.1) is 17.8 Å². The number of fused-ring (bicyclic) bond motifs is 1. The van der Waals surface area contributed by atoms with Crippen LogP contribution in [0.3, 0.4) is 0 Å². The maximum atomic E-state index is 13.5. The van der Waals surface area contributed by atoms with Gasteiger partial charge in [0.2, 0.25) is 11.8 Å². The molecule has 4 rings (SSSR count). The third-order valence-corrected chi connectivity index (χ3v) is 8.95. The molecule has 2 aliphatic carbocycles. The third-order valence-electron chi connectivity index (χ3n) is 8.95. The van der Waals surface area contributed by atoms with Gasteiger partial charge in [-0.05, 0) is 63.8 Å². The molecule has 1 heterocycles. The molecule has 0 bridgehead atoms. The molecule has 1 aliphatic heterocycles. The number of nitrogens with one attached hydrogen (secondary N) is 1. The number of nitrogens with zero attached hydrogens (tertiary/aromatic N) is 2. The van der Waals surface area contributed by atoms with Crippen LogP contribution in [-0.4, -0.2) is 72.2 Å². The summed E-state index contributed by atoms with van der Waals surface area (Å²) < 4.78 is 6.68. The third kappa shape index (κ3) is 7.72. The topological polar surface area (TPSA) is 82.1 Å². The van der Waals surface area contributed by atoms with Crippen LogP contribution in [0.15, 0.2) is 18.2 Å². The number of rotatable bonds is 8. The Morgan fingerprint density at radius 2 is 1.79 bits per heavy atom. The van der Waals surface area contributed by atoms with Gasteiger partial charge in [0, 0.05) is 42.7 Å². The smallest absolute Gasteiger partial charge is 0.227 e. The van der Waals surface area contributed by atoms with E-state index in [0.29, 0.717) is 6.54 Å². The number of hydrogen-bond donors (Lipinski definition) is 2. The minimum absolute atomic E-state index is 0.0183. The molecule has 3 atom stereocenters. The van der Waals surface area contributed by atoms with E-state index in [0.717, 1.165) is 61.7 Å². The lowest BCUT2D eigenvalue weighted by molar-refractivity contribution is -0.134. The average molecular weight is 528 g/mol. The van der Waals surface area contributed by atoms with Gasteiger partial charge in [-0.15, -0.1) is 0 Å². The van der Waals surface area contributed by atoms with Crippen LogP contribution in [0.2, 0.25) is 0 Å². The van der Waals surface area contributed by atoms with E-state index >= 15 is 0 Å². The summed E-state index contributed by atoms with van der Waals surface area (Å²) in [5, 5.41) is 13.0. The predicted octanol–water partition coefficient (Wildman–Crippen LogP) is 4.87. The standard InChI is InChI=1S/C31H49N3O4/c1-22-18-34(23(2)21-35)30(36)17-26-16-27(32-31(37)25-12-8-5-9-13-25)14-15-28(26)38-29(22)20-33(3)19-24-10-6-4-7-11-24/h14-16,22-25,29,35H,4-13,17-21H2,1-3H3,(H,32,37)/t22-,23+,29+/m0/s1. The number of carbonyl (C=O) groups excluding carboxylic acids is 2. The quantitative estimate of drug-likeness (QED) is 0.504. The van der Waals surface area contributed by atoms with Crippen LogP contribution in [0.5, 0.6) is 5.75 Å². The molecule has 2 N–H and O–H groups in total. The fourth-order valence-electron chi connectivity index (χ4n) is 6.53. The highest BCUT2D eigenvalue weighted by atomic mass is 16.5. The van der Waals surface area contributed by atoms with Crippen LogP contribution in [-0.2, 0) is 16.0 Å². The number of ether oxygens (including phenoxy) is 1. The normalized spacial score (nSPS) is 24.7. The van der Waals surface area contributed by atoms with Gasteiger partial charge in [0.15, 0.2) is 0 Å². The second kappa shape index (κ2) is 13.8. The number of hydrogen-bond acceptors (Lipinski definition) is 5. The molecule has 0 saturated heterocycles. The Kier molecular flexibility index (Phi) is 10.5. The number of anilines is 1. The van der Waals surface area contributed by atoms with Gasteiger partial charge in [-0.2, -0.15) is 0 Å². The molecule has 2 saturated carbocycles. The molecular weight excluding hydrogens is 478 g/mol. The fourth-order valence-corrected chi connectivity index (χ4v) is 6.53. The van der Waals surface area contributed by atoms with Crippen molar-refractivity contribution in [3.63, 3.8) is 0 Å². The first kappa shape index (κ1) is 28.9. The van der Waals surface area contributed by atoms with Gasteiger partial charge in [-0.3, -0.25) is 9.59 Å². The van der Waals surface area contributed by atoms with Crippen molar-refractivity contribution in [1.29, 1.82) is 0 Å². The predicted molar refractivity (Wildman–Crippen MR) is 151 cm³/mol. The van der Waals surface area contributed by atoms with Crippen LogP contribution in [0.25, 0.3) is 0 Å². The molecule has 0 radical (unpaired) electrons. The molecule has 2 fully saturated rings. The van der Waals surface area contributed by atoms with Crippen LogP contribution in [0.4, 0.5) is 5.69 Å². The second-order valence-corrected chi connectivity index (χ2v) is 12.3. The number of benzene rings is 1. The number of amides is 2. The van der Waals surface area contributed by atoms with Gasteiger partial charge in [0.25, 0.3) is 0 Å². The SMILES string of the molecule is C[C@H](CO)N1C[C@H](C)[C@@H](CN(C)CC2CCCCC2)Oc2ccc(NC(=O)C3CCCCC3)cc2CC1=O. The monoisotopic (exact) mass is 527 g/mol. The van der Waals surface area contributed by atoms with Gasteiger partial charge in [-0.1, -0.05) is 45.4 Å². The lowest BCUT2D eigenvalue weighted by Gasteiger charge is -2.35. The van der Waals surface area contributed by atoms with Gasteiger partial charge in [0.1, 0.15) is 11.9 Å². The van der Waals surface area contributed by atoms with Crippen LogP contribution in [0.1, 0.15) is 83.6 Å². The van der Waals surface area contributed by atoms with E-state index in [1.54, 1.807) is 0 Å². The van der Waals surface area contributed by atoms with E-state index in [1.165, 1.54) is 38.5 Å². The summed E-state index contributed by atoms with van der Waals surface area (Å²) in [6.07, 6.45) is 12.0. The Labute approximate surface area is 229 Å². The van der Waals surface area contributed by atoms with E-state index < -0.39 is 0 Å². The number of likely N-dealkylation sites (N-methyl/N-ethyl adjacent to an activating group) is 1. The largest absolute Gasteiger partial charge is 0.488 e. The van der Waals surface area contributed by atoms with Crippen molar-refractivity contribution in [2.75, 3.05) is 38.6 Å². The number of aliphatic hydroxyl groups is 1. The summed E-state index contributed by atoms with van der Waals surface area (Å²) >= 11 is 0. The Hall–Kier alpha value is -2.12. The zero-order chi connectivity index (χ0) is 27.1. The van der Waals surface area contributed by atoms with Crippen LogP contribution >= 0.6 is 0 Å². The molecule has 0 aromatic heterocycles. The Balaban J connectivity index is 1.53. The first-order chi connectivity index (χ1) is 18.3. The Morgan fingerprint density at radius 1 is 1.11 bits per heavy atom. The molecule has 3 aliphatic rings. The lowest BCUT2D eigenvalue weighted by atomic mass is 9.88. The maximum absolute atomic E-state index is 13.5. The van der Waals surface area contributed by atoms with Gasteiger partial charge < -0.3 is 25.0 Å². The minimum Gasteiger partial charge on any atom is -0.488 e. The van der Waals surface area contributed by atoms with E-state index in [2.05, 4.69) is 24.2 Å². The summed E-state index contributed by atoms with van der Waals surface area (Å²) in [6, 6.07) is 5.48. The zero-order valence-corrected chi connectivity index (χ0v) is 23.8. The summed E-state index contributed by atoms with van der Waals surface area (Å²) in [6.45, 7) is 6.37. The van der Waals surface area contributed by atoms with Gasteiger partial charge in [0.05, 0.1) is 19.1 Å². The van der Waals surface area contributed by atoms with Crippen molar-refractivity contribution in [2.24, 2.45) is 17.8 Å². The summed E-state index contributed by atoms with van der Waals surface area (Å²) in [5.74, 6) is 1.68. The Bertz CT molecular complexity index is 926. The highest BCUT2D eigenvalue weighted by molar-refractivity contribution is 5.93. The zero-order valence-electron chi connectivity index (χ0n) is 23.8. The van der Waals surface area contributed by atoms with E-state index in [4.69, 9.17) is 4.74 Å². The van der Waals surface area contributed by atoms with Crippen molar-refractivity contribution in [1.82, 2.24) is 9.80 Å². The molecule has 7 heteroatoms. The summed E-state index contributed by atoms with van der Waals surface area (Å²) in [7, 11) is 2.18. The highest BCUT2D eigenvalue weighted by Gasteiger charge is 2.32. The molecule has 212 valence electrons. The molecule has 1 aromatic rings. The molecule has 7 nitrogen and oxygen atoms in total. The molecule has 38 heavy (non-hydrogen) atoms. The molecule has 0 spiro atoms. The van der Waals surface area contributed by atoms with Crippen molar-refractivity contribution < 1.29 is 19.4 Å². The molecular formula is C31H49N3O4. The van der Waals surface area contributed by atoms with E-state index in [-0.39, 0.29) is 48.8 Å². The molecule has 2 amide bonds. The van der Waals surface area contributed by atoms with Crippen molar-refractivity contribution in [3.05, 3.63) is 23.8 Å². The summed E-state index contributed by atoms with van der Waals surface area (Å²) in [5.41, 5.74) is 1.51. The maximum Gasteiger partial charge on any atom is 0.227 e. The number of carbonyl (C=O) groups is 2. The van der Waals surface area contributed by atoms with Gasteiger partial charge in [-0.25, -0.2) is 0 Å². The second-order valence-electron chi connectivity index (χ2n) is 12.3. The minimum atomic E-state index is -0.263. The highest BCUT2D eigenvalue weighted by Crippen LogP contribution is 2.31. The van der Waals surface area contributed by atoms with Crippen molar-refractivity contribution in [3.8, 4) is 5.75 Å². The van der Waals surface area contributed by atoms with Crippen molar-refractivity contribution in [2.45, 2.75) is 96.6 Å². The lowest BCUT2D eigenvalue weighted by Crippen LogP contribution is -2.48. The first-order valence-electron chi connectivity index (χ1n) is 15.0. The van der Waals surface area contributed by atoms with E-state index in [1.807, 2.05) is 30.0 Å². The first-order valence-corrected chi connectivity index (χ1v) is 15.0. The summed E-state index contributed by atoms with van der Waals surface area (Å²) in [4.78, 5) is 30.6.